The predicted octanol–water partition coefficient (Wildman–Crippen LogP) is 3.43. The smallest absolute Gasteiger partial charge is 0.256 e. The van der Waals surface area contributed by atoms with Crippen LogP contribution in [0.4, 0.5) is 5.82 Å². The molecule has 0 aliphatic heterocycles. The Kier molecular flexibility index (Phi) is 4.78. The number of anilines is 1. The average Bonchev–Trinajstić information content (AvgIpc) is 3.10. The Morgan fingerprint density at radius 2 is 1.62 bits per heavy atom. The number of aromatic nitrogens is 2. The molecule has 0 saturated heterocycles. The van der Waals surface area contributed by atoms with Crippen LogP contribution in [0.15, 0.2) is 54.6 Å². The minimum Gasteiger partial charge on any atom is -0.305 e. The number of carbonyl (C=O) groups is 1. The molecular weight excluding hydrogens is 326 g/mol. The van der Waals surface area contributed by atoms with Crippen LogP contribution >= 0.6 is 0 Å². The second kappa shape index (κ2) is 7.33. The fourth-order valence-corrected chi connectivity index (χ4v) is 2.52. The van der Waals surface area contributed by atoms with Crippen LogP contribution in [-0.2, 0) is 6.42 Å². The number of carbonyl (C=O) groups excluding carboxylic acids is 1. The van der Waals surface area contributed by atoms with E-state index in [1.54, 1.807) is 41.1 Å². The highest BCUT2D eigenvalue weighted by atomic mass is 16.1. The van der Waals surface area contributed by atoms with Crippen LogP contribution in [0.1, 0.15) is 34.1 Å². The van der Waals surface area contributed by atoms with Gasteiger partial charge in [0.15, 0.2) is 5.82 Å². The number of benzene rings is 2. The fraction of sp³-hybridized carbons (Fsp3) is 0.100. The first-order valence-electron chi connectivity index (χ1n) is 8.05. The summed E-state index contributed by atoms with van der Waals surface area (Å²) in [7, 11) is 0. The molecule has 0 spiro atoms. The molecule has 0 unspecified atom stereocenters. The van der Waals surface area contributed by atoms with Gasteiger partial charge in [-0.25, -0.2) is 4.68 Å². The van der Waals surface area contributed by atoms with Crippen molar-refractivity contribution in [3.8, 4) is 17.8 Å². The number of hydrogen-bond donors (Lipinski definition) is 1. The van der Waals surface area contributed by atoms with Crippen molar-refractivity contribution in [2.45, 2.75) is 13.3 Å². The number of hydrogen-bond acceptors (Lipinski definition) is 4. The van der Waals surface area contributed by atoms with E-state index in [1.807, 2.05) is 31.2 Å². The number of rotatable bonds is 4. The summed E-state index contributed by atoms with van der Waals surface area (Å²) in [6.45, 7) is 2.00. The molecule has 126 valence electrons. The first-order chi connectivity index (χ1) is 12.6. The van der Waals surface area contributed by atoms with E-state index < -0.39 is 0 Å². The molecule has 6 nitrogen and oxygen atoms in total. The normalized spacial score (nSPS) is 9.96. The monoisotopic (exact) mass is 341 g/mol. The molecule has 0 radical (unpaired) electrons. The number of nitrogens with zero attached hydrogens (tertiary/aromatic N) is 4. The molecule has 2 aromatic carbocycles. The summed E-state index contributed by atoms with van der Waals surface area (Å²) in [6, 6.07) is 19.4. The van der Waals surface area contributed by atoms with Crippen molar-refractivity contribution in [3.05, 3.63) is 77.0 Å². The van der Waals surface area contributed by atoms with Crippen LogP contribution in [-0.4, -0.2) is 15.7 Å². The van der Waals surface area contributed by atoms with Gasteiger partial charge in [-0.2, -0.15) is 10.5 Å². The lowest BCUT2D eigenvalue weighted by molar-refractivity contribution is 0.102. The van der Waals surface area contributed by atoms with Crippen molar-refractivity contribution >= 4 is 11.7 Å². The molecule has 0 aliphatic carbocycles. The molecule has 3 aromatic rings. The van der Waals surface area contributed by atoms with E-state index in [2.05, 4.69) is 16.5 Å². The summed E-state index contributed by atoms with van der Waals surface area (Å²) in [5.41, 5.74) is 3.28. The molecule has 1 N–H and O–H groups in total. The Bertz CT molecular complexity index is 1020. The van der Waals surface area contributed by atoms with Gasteiger partial charge in [0.25, 0.3) is 5.91 Å². The maximum atomic E-state index is 12.4. The minimum absolute atomic E-state index is 0.290. The number of amides is 1. The van der Waals surface area contributed by atoms with Gasteiger partial charge in [0, 0.05) is 17.3 Å². The van der Waals surface area contributed by atoms with Crippen LogP contribution in [0, 0.1) is 22.7 Å². The summed E-state index contributed by atoms with van der Waals surface area (Å²) >= 11 is 0. The van der Waals surface area contributed by atoms with Crippen molar-refractivity contribution in [1.82, 2.24) is 9.78 Å². The van der Waals surface area contributed by atoms with Gasteiger partial charge in [0.1, 0.15) is 0 Å². The zero-order valence-electron chi connectivity index (χ0n) is 14.1. The molecule has 0 saturated carbocycles. The second-order valence-corrected chi connectivity index (χ2v) is 5.59. The quantitative estimate of drug-likeness (QED) is 0.786. The average molecular weight is 341 g/mol. The highest BCUT2D eigenvalue weighted by Gasteiger charge is 2.12. The van der Waals surface area contributed by atoms with Crippen LogP contribution < -0.4 is 5.32 Å². The summed E-state index contributed by atoms with van der Waals surface area (Å²) in [5.74, 6) is 0.155. The standard InChI is InChI=1S/C20H15N5O/c1-2-17-11-19(23-20(26)16-7-3-14(12-21)4-8-16)24-25(17)18-9-5-15(13-22)6-10-18/h3-11H,2H2,1H3,(H,23,24,26). The Morgan fingerprint density at radius 3 is 2.15 bits per heavy atom. The van der Waals surface area contributed by atoms with Gasteiger partial charge >= 0.3 is 0 Å². The highest BCUT2D eigenvalue weighted by molar-refractivity contribution is 6.03. The predicted molar refractivity (Wildman–Crippen MR) is 96.8 cm³/mol. The van der Waals surface area contributed by atoms with E-state index in [4.69, 9.17) is 10.5 Å². The molecule has 1 amide bonds. The molecule has 6 heteroatoms. The molecule has 1 aromatic heterocycles. The zero-order chi connectivity index (χ0) is 18.5. The summed E-state index contributed by atoms with van der Waals surface area (Å²) in [5, 5.41) is 25.0. The topological polar surface area (TPSA) is 94.5 Å². The molecule has 1 heterocycles. The molecule has 0 fully saturated rings. The van der Waals surface area contributed by atoms with Crippen molar-refractivity contribution in [2.75, 3.05) is 5.32 Å². The van der Waals surface area contributed by atoms with Gasteiger partial charge in [0.05, 0.1) is 29.0 Å². The summed E-state index contributed by atoms with van der Waals surface area (Å²) < 4.78 is 1.75. The molecule has 0 aliphatic rings. The first kappa shape index (κ1) is 16.9. The molecule has 0 bridgehead atoms. The summed E-state index contributed by atoms with van der Waals surface area (Å²) in [4.78, 5) is 12.4. The molecule has 3 rings (SSSR count). The lowest BCUT2D eigenvalue weighted by Gasteiger charge is -2.05. The van der Waals surface area contributed by atoms with E-state index in [9.17, 15) is 4.79 Å². The lowest BCUT2D eigenvalue weighted by Crippen LogP contribution is -2.12. The van der Waals surface area contributed by atoms with Gasteiger partial charge in [-0.3, -0.25) is 4.79 Å². The van der Waals surface area contributed by atoms with Gasteiger partial charge in [0.2, 0.25) is 0 Å². The van der Waals surface area contributed by atoms with Crippen molar-refractivity contribution < 1.29 is 4.79 Å². The zero-order valence-corrected chi connectivity index (χ0v) is 14.1. The minimum atomic E-state index is -0.290. The van der Waals surface area contributed by atoms with Gasteiger partial charge in [-0.1, -0.05) is 6.92 Å². The van der Waals surface area contributed by atoms with Crippen LogP contribution in [0.3, 0.4) is 0 Å². The van der Waals surface area contributed by atoms with Crippen molar-refractivity contribution in [1.29, 1.82) is 10.5 Å². The van der Waals surface area contributed by atoms with Gasteiger partial charge in [-0.05, 0) is 55.0 Å². The van der Waals surface area contributed by atoms with Gasteiger partial charge in [-0.15, -0.1) is 5.10 Å². The Hall–Kier alpha value is -3.90. The van der Waals surface area contributed by atoms with Crippen LogP contribution in [0.2, 0.25) is 0 Å². The van der Waals surface area contributed by atoms with Crippen molar-refractivity contribution in [2.24, 2.45) is 0 Å². The van der Waals surface area contributed by atoms with Crippen LogP contribution in [0.25, 0.3) is 5.69 Å². The summed E-state index contributed by atoms with van der Waals surface area (Å²) in [6.07, 6.45) is 0.736. The molecule has 26 heavy (non-hydrogen) atoms. The van der Waals surface area contributed by atoms with E-state index in [-0.39, 0.29) is 5.91 Å². The van der Waals surface area contributed by atoms with E-state index in [0.717, 1.165) is 17.8 Å². The third-order valence-corrected chi connectivity index (χ3v) is 3.90. The highest BCUT2D eigenvalue weighted by Crippen LogP contribution is 2.18. The van der Waals surface area contributed by atoms with Gasteiger partial charge < -0.3 is 5.32 Å². The fourth-order valence-electron chi connectivity index (χ4n) is 2.52. The third-order valence-electron chi connectivity index (χ3n) is 3.90. The molecular formula is C20H15N5O. The van der Waals surface area contributed by atoms with E-state index in [1.165, 1.54) is 0 Å². The molecule has 0 atom stereocenters. The van der Waals surface area contributed by atoms with Crippen LogP contribution in [0.5, 0.6) is 0 Å². The SMILES string of the molecule is CCc1cc(NC(=O)c2ccc(C#N)cc2)nn1-c1ccc(C#N)cc1. The number of nitrogens with one attached hydrogen (secondary N) is 1. The Morgan fingerprint density at radius 1 is 1.04 bits per heavy atom. The largest absolute Gasteiger partial charge is 0.305 e. The maximum absolute atomic E-state index is 12.4. The number of aryl methyl sites for hydroxylation is 1. The van der Waals surface area contributed by atoms with Crippen molar-refractivity contribution in [3.63, 3.8) is 0 Å². The first-order valence-corrected chi connectivity index (χ1v) is 8.05. The second-order valence-electron chi connectivity index (χ2n) is 5.59. The lowest BCUT2D eigenvalue weighted by atomic mass is 10.1. The van der Waals surface area contributed by atoms with E-state index in [0.29, 0.717) is 22.5 Å². The number of nitriles is 2. The third kappa shape index (κ3) is 3.45. The Balaban J connectivity index is 1.84. The van der Waals surface area contributed by atoms with E-state index >= 15 is 0 Å². The maximum Gasteiger partial charge on any atom is 0.256 e. The Labute approximate surface area is 150 Å².